The molecule has 9 heteroatoms. The zero-order valence-corrected chi connectivity index (χ0v) is 24.4. The van der Waals surface area contributed by atoms with E-state index in [0.29, 0.717) is 17.9 Å². The second-order valence-corrected chi connectivity index (χ2v) is 12.0. The Kier molecular flexibility index (Phi) is 10.5. The predicted octanol–water partition coefficient (Wildman–Crippen LogP) is 5.22. The Morgan fingerprint density at radius 3 is 2.21 bits per heavy atom. The summed E-state index contributed by atoms with van der Waals surface area (Å²) in [5.74, 6) is -0.753. The minimum absolute atomic E-state index is 0.0568. The van der Waals surface area contributed by atoms with Crippen molar-refractivity contribution in [1.82, 2.24) is 10.2 Å². The lowest BCUT2D eigenvalue weighted by Gasteiger charge is -2.33. The fourth-order valence-corrected chi connectivity index (χ4v) is 5.86. The summed E-state index contributed by atoms with van der Waals surface area (Å²) in [6, 6.07) is 21.6. The molecule has 0 saturated carbocycles. The molecule has 1 atom stereocenters. The van der Waals surface area contributed by atoms with Crippen molar-refractivity contribution >= 4 is 39.1 Å². The summed E-state index contributed by atoms with van der Waals surface area (Å²) in [5.41, 5.74) is 2.18. The molecule has 1 N–H and O–H groups in total. The molecule has 3 aromatic carbocycles. The lowest BCUT2D eigenvalue weighted by atomic mass is 10.1. The second kappa shape index (κ2) is 13.6. The lowest BCUT2D eigenvalue weighted by molar-refractivity contribution is -0.139. The molecule has 39 heavy (non-hydrogen) atoms. The molecule has 0 bridgehead atoms. The summed E-state index contributed by atoms with van der Waals surface area (Å²) in [6.07, 6.45) is 0.890. The van der Waals surface area contributed by atoms with E-state index in [-0.39, 0.29) is 29.1 Å². The van der Waals surface area contributed by atoms with Gasteiger partial charge in [0, 0.05) is 17.6 Å². The van der Waals surface area contributed by atoms with Gasteiger partial charge in [-0.25, -0.2) is 8.42 Å². The van der Waals surface area contributed by atoms with Crippen molar-refractivity contribution in [3.05, 3.63) is 95.0 Å². The molecular weight excluding hydrogens is 534 g/mol. The van der Waals surface area contributed by atoms with Gasteiger partial charge in [0.05, 0.1) is 10.6 Å². The summed E-state index contributed by atoms with van der Waals surface area (Å²) in [5, 5.41) is 3.24. The third kappa shape index (κ3) is 8.07. The number of hydrogen-bond acceptors (Lipinski definition) is 4. The van der Waals surface area contributed by atoms with Crippen LogP contribution in [0.2, 0.25) is 5.02 Å². The molecule has 0 unspecified atom stereocenters. The molecule has 208 valence electrons. The van der Waals surface area contributed by atoms with E-state index in [1.54, 1.807) is 30.3 Å². The Morgan fingerprint density at radius 2 is 1.62 bits per heavy atom. The molecule has 0 aliphatic carbocycles. The van der Waals surface area contributed by atoms with Crippen molar-refractivity contribution in [3.63, 3.8) is 0 Å². The highest BCUT2D eigenvalue weighted by molar-refractivity contribution is 7.92. The summed E-state index contributed by atoms with van der Waals surface area (Å²) in [7, 11) is -4.13. The summed E-state index contributed by atoms with van der Waals surface area (Å²) in [6.45, 7) is 7.18. The number of carbonyl (C=O) groups is 2. The average molecular weight is 570 g/mol. The molecule has 7 nitrogen and oxygen atoms in total. The van der Waals surface area contributed by atoms with Gasteiger partial charge in [-0.15, -0.1) is 0 Å². The highest BCUT2D eigenvalue weighted by Gasteiger charge is 2.33. The van der Waals surface area contributed by atoms with Crippen LogP contribution in [0.3, 0.4) is 0 Å². The number of anilines is 1. The first-order valence-electron chi connectivity index (χ1n) is 13.0. The number of carbonyl (C=O) groups excluding carboxylic acids is 2. The van der Waals surface area contributed by atoms with E-state index in [9.17, 15) is 18.0 Å². The zero-order valence-electron chi connectivity index (χ0n) is 22.8. The van der Waals surface area contributed by atoms with Gasteiger partial charge < -0.3 is 10.2 Å². The van der Waals surface area contributed by atoms with E-state index in [0.717, 1.165) is 15.4 Å². The normalized spacial score (nSPS) is 12.2. The zero-order chi connectivity index (χ0) is 28.6. The van der Waals surface area contributed by atoms with Crippen LogP contribution in [0.25, 0.3) is 0 Å². The largest absolute Gasteiger partial charge is 0.352 e. The van der Waals surface area contributed by atoms with Crippen molar-refractivity contribution in [1.29, 1.82) is 0 Å². The third-order valence-electron chi connectivity index (χ3n) is 6.29. The van der Waals surface area contributed by atoms with Crippen molar-refractivity contribution in [2.45, 2.75) is 57.5 Å². The standard InChI is InChI=1S/C30H36ClN3O4S/c1-5-28(30(36)32-22(2)3)33(19-18-24-10-7-6-8-11-24)29(35)21-34(26-13-9-12-25(31)20-26)39(37,38)27-16-14-23(4)15-17-27/h6-17,20,22,28H,5,18-19,21H2,1-4H3,(H,32,36)/t28-/m1/s1. The van der Waals surface area contributed by atoms with Crippen LogP contribution in [0.4, 0.5) is 5.69 Å². The SMILES string of the molecule is CC[C@H](C(=O)NC(C)C)N(CCc1ccccc1)C(=O)CN(c1cccc(Cl)c1)S(=O)(=O)c1ccc(C)cc1. The fourth-order valence-electron chi connectivity index (χ4n) is 4.27. The molecule has 0 aromatic heterocycles. The maximum atomic E-state index is 14.0. The van der Waals surface area contributed by atoms with Crippen LogP contribution >= 0.6 is 11.6 Å². The number of benzene rings is 3. The first-order valence-corrected chi connectivity index (χ1v) is 14.8. The number of amides is 2. The molecule has 0 saturated heterocycles. The Bertz CT molecular complexity index is 1360. The number of rotatable bonds is 12. The fraction of sp³-hybridized carbons (Fsp3) is 0.333. The van der Waals surface area contributed by atoms with Crippen LogP contribution in [-0.4, -0.2) is 50.3 Å². The Labute approximate surface area is 236 Å². The lowest BCUT2D eigenvalue weighted by Crippen LogP contribution is -2.54. The van der Waals surface area contributed by atoms with Crippen LogP contribution in [0.1, 0.15) is 38.3 Å². The van der Waals surface area contributed by atoms with Gasteiger partial charge in [-0.3, -0.25) is 13.9 Å². The first kappa shape index (κ1) is 30.2. The minimum Gasteiger partial charge on any atom is -0.352 e. The molecule has 2 amide bonds. The summed E-state index contributed by atoms with van der Waals surface area (Å²) in [4.78, 5) is 28.7. The van der Waals surface area contributed by atoms with Crippen molar-refractivity contribution in [2.24, 2.45) is 0 Å². The third-order valence-corrected chi connectivity index (χ3v) is 8.31. The van der Waals surface area contributed by atoms with E-state index in [4.69, 9.17) is 11.6 Å². The molecule has 3 aromatic rings. The van der Waals surface area contributed by atoms with Crippen molar-refractivity contribution in [3.8, 4) is 0 Å². The molecular formula is C30H36ClN3O4S. The number of nitrogens with one attached hydrogen (secondary N) is 1. The van der Waals surface area contributed by atoms with E-state index in [1.165, 1.54) is 23.1 Å². The maximum absolute atomic E-state index is 14.0. The topological polar surface area (TPSA) is 86.8 Å². The monoisotopic (exact) mass is 569 g/mol. The number of aryl methyl sites for hydroxylation is 1. The molecule has 0 aliphatic rings. The Hall–Kier alpha value is -3.36. The van der Waals surface area contributed by atoms with E-state index >= 15 is 0 Å². The van der Waals surface area contributed by atoms with Crippen LogP contribution in [0.5, 0.6) is 0 Å². The number of nitrogens with zero attached hydrogens (tertiary/aromatic N) is 2. The number of hydrogen-bond donors (Lipinski definition) is 1. The van der Waals surface area contributed by atoms with Crippen LogP contribution in [-0.2, 0) is 26.0 Å². The molecule has 0 aliphatic heterocycles. The minimum atomic E-state index is -4.13. The van der Waals surface area contributed by atoms with Gasteiger partial charge in [-0.1, -0.05) is 72.6 Å². The first-order chi connectivity index (χ1) is 18.5. The van der Waals surface area contributed by atoms with E-state index in [1.807, 2.05) is 58.0 Å². The predicted molar refractivity (Wildman–Crippen MR) is 156 cm³/mol. The quantitative estimate of drug-likeness (QED) is 0.324. The van der Waals surface area contributed by atoms with Gasteiger partial charge in [0.15, 0.2) is 0 Å². The Morgan fingerprint density at radius 1 is 0.949 bits per heavy atom. The summed E-state index contributed by atoms with van der Waals surface area (Å²) < 4.78 is 28.8. The smallest absolute Gasteiger partial charge is 0.264 e. The van der Waals surface area contributed by atoms with E-state index in [2.05, 4.69) is 5.32 Å². The number of sulfonamides is 1. The maximum Gasteiger partial charge on any atom is 0.264 e. The van der Waals surface area contributed by atoms with Crippen LogP contribution < -0.4 is 9.62 Å². The van der Waals surface area contributed by atoms with Gasteiger partial charge in [0.1, 0.15) is 12.6 Å². The molecule has 0 heterocycles. The van der Waals surface area contributed by atoms with E-state index < -0.39 is 28.5 Å². The molecule has 0 fully saturated rings. The molecule has 0 spiro atoms. The van der Waals surface area contributed by atoms with Crippen molar-refractivity contribution in [2.75, 3.05) is 17.4 Å². The second-order valence-electron chi connectivity index (χ2n) is 9.71. The van der Waals surface area contributed by atoms with Gasteiger partial charge >= 0.3 is 0 Å². The van der Waals surface area contributed by atoms with Crippen LogP contribution in [0, 0.1) is 6.92 Å². The van der Waals surface area contributed by atoms with Gasteiger partial charge in [0.25, 0.3) is 10.0 Å². The Balaban J connectivity index is 2.01. The van der Waals surface area contributed by atoms with Gasteiger partial charge in [-0.05, 0) is 69.5 Å². The highest BCUT2D eigenvalue weighted by Crippen LogP contribution is 2.27. The van der Waals surface area contributed by atoms with Crippen LogP contribution in [0.15, 0.2) is 83.8 Å². The molecule has 0 radical (unpaired) electrons. The summed E-state index contributed by atoms with van der Waals surface area (Å²) >= 11 is 6.22. The number of halogens is 1. The van der Waals surface area contributed by atoms with Gasteiger partial charge in [-0.2, -0.15) is 0 Å². The molecule has 3 rings (SSSR count). The average Bonchev–Trinajstić information content (AvgIpc) is 2.89. The highest BCUT2D eigenvalue weighted by atomic mass is 35.5. The van der Waals surface area contributed by atoms with Crippen molar-refractivity contribution < 1.29 is 18.0 Å². The van der Waals surface area contributed by atoms with Gasteiger partial charge in [0.2, 0.25) is 11.8 Å².